The molecule has 0 radical (unpaired) electrons. The fraction of sp³-hybridized carbons (Fsp3) is 0.214. The maximum absolute atomic E-state index is 16.1. The second kappa shape index (κ2) is 9.96. The summed E-state index contributed by atoms with van der Waals surface area (Å²) >= 11 is 1.69. The summed E-state index contributed by atoms with van der Waals surface area (Å²) in [5.74, 6) is 0.00219. The van der Waals surface area contributed by atoms with Crippen LogP contribution in [-0.2, 0) is 0 Å². The largest absolute Gasteiger partial charge is 0.374 e. The number of halogens is 1. The number of H-pyrrole nitrogens is 2. The zero-order valence-corrected chi connectivity index (χ0v) is 21.7. The highest BCUT2D eigenvalue weighted by molar-refractivity contribution is 7.15. The predicted octanol–water partition coefficient (Wildman–Crippen LogP) is 6.66. The van der Waals surface area contributed by atoms with E-state index in [0.717, 1.165) is 23.3 Å². The zero-order chi connectivity index (χ0) is 26.2. The molecule has 0 bridgehead atoms. The molecule has 8 nitrogen and oxygen atoms in total. The van der Waals surface area contributed by atoms with Gasteiger partial charge in [-0.15, -0.1) is 11.3 Å². The van der Waals surface area contributed by atoms with Crippen molar-refractivity contribution >= 4 is 39.1 Å². The minimum Gasteiger partial charge on any atom is -0.374 e. The number of hydrogen-bond acceptors (Lipinski definition) is 7. The van der Waals surface area contributed by atoms with Crippen molar-refractivity contribution in [1.29, 1.82) is 0 Å². The van der Waals surface area contributed by atoms with Crippen LogP contribution in [0.4, 0.5) is 10.1 Å². The van der Waals surface area contributed by atoms with Gasteiger partial charge in [0.2, 0.25) is 0 Å². The molecule has 0 aliphatic heterocycles. The number of aliphatic hydroxyl groups is 1. The number of fused-ring (bicyclic) bond motifs is 2. The minimum atomic E-state index is -0.690. The van der Waals surface area contributed by atoms with Gasteiger partial charge in [0.25, 0.3) is 0 Å². The lowest BCUT2D eigenvalue weighted by Gasteiger charge is -2.14. The number of thiophene rings is 1. The Morgan fingerprint density at radius 2 is 2.03 bits per heavy atom. The number of unbranched alkanes of at least 4 members (excludes halogenated alkanes) is 1. The van der Waals surface area contributed by atoms with Crippen molar-refractivity contribution in [3.8, 4) is 33.1 Å². The van der Waals surface area contributed by atoms with E-state index in [2.05, 4.69) is 56.4 Å². The van der Waals surface area contributed by atoms with Crippen molar-refractivity contribution in [2.75, 3.05) is 5.32 Å². The number of benzene rings is 1. The van der Waals surface area contributed by atoms with Crippen molar-refractivity contribution < 1.29 is 9.50 Å². The van der Waals surface area contributed by atoms with Crippen LogP contribution in [0.5, 0.6) is 0 Å². The second-order valence-corrected chi connectivity index (χ2v) is 10.5. The molecule has 0 saturated carbocycles. The quantitative estimate of drug-likeness (QED) is 0.165. The van der Waals surface area contributed by atoms with E-state index in [9.17, 15) is 5.11 Å². The first kappa shape index (κ1) is 24.2. The summed E-state index contributed by atoms with van der Waals surface area (Å²) in [6.45, 7) is 4.14. The average molecular weight is 528 g/mol. The number of nitrogens with one attached hydrogen (secondary N) is 3. The second-order valence-electron chi connectivity index (χ2n) is 9.24. The molecule has 1 unspecified atom stereocenters. The van der Waals surface area contributed by atoms with E-state index >= 15 is 4.39 Å². The summed E-state index contributed by atoms with van der Waals surface area (Å²) in [5, 5.41) is 20.9. The Kier molecular flexibility index (Phi) is 6.34. The summed E-state index contributed by atoms with van der Waals surface area (Å²) in [5.41, 5.74) is 4.81. The van der Waals surface area contributed by atoms with Crippen molar-refractivity contribution in [1.82, 2.24) is 30.1 Å². The van der Waals surface area contributed by atoms with Gasteiger partial charge < -0.3 is 15.4 Å². The Labute approximate surface area is 222 Å². The summed E-state index contributed by atoms with van der Waals surface area (Å²) < 4.78 is 16.1. The Balaban J connectivity index is 1.40. The van der Waals surface area contributed by atoms with E-state index in [0.29, 0.717) is 56.8 Å². The van der Waals surface area contributed by atoms with Gasteiger partial charge in [-0.1, -0.05) is 13.3 Å². The smallest absolute Gasteiger partial charge is 0.161 e. The molecule has 0 fully saturated rings. The molecule has 192 valence electrons. The van der Waals surface area contributed by atoms with Crippen LogP contribution in [0.15, 0.2) is 55.0 Å². The molecule has 6 aromatic rings. The molecular weight excluding hydrogens is 501 g/mol. The summed E-state index contributed by atoms with van der Waals surface area (Å²) in [4.78, 5) is 19.0. The van der Waals surface area contributed by atoms with Gasteiger partial charge in [0.15, 0.2) is 11.5 Å². The first-order chi connectivity index (χ1) is 18.5. The van der Waals surface area contributed by atoms with Gasteiger partial charge in [-0.3, -0.25) is 10.1 Å². The number of aromatic nitrogens is 6. The molecule has 0 saturated heterocycles. The summed E-state index contributed by atoms with van der Waals surface area (Å²) in [7, 11) is 0. The van der Waals surface area contributed by atoms with Crippen LogP contribution in [-0.4, -0.2) is 41.5 Å². The van der Waals surface area contributed by atoms with Gasteiger partial charge in [0.1, 0.15) is 23.3 Å². The van der Waals surface area contributed by atoms with Gasteiger partial charge in [0, 0.05) is 38.8 Å². The maximum atomic E-state index is 16.1. The standard InChI is InChI=1S/C28H26FN7OS/c1-3-4-5-22(37)32-17-12-16(13-30-14-17)18-7-8-20-23(24(18)29)26(36-35-20)28-33-25-19(10-11-31-27(25)34-28)21-9-6-15(2)38-21/h6-14,22,32,37H,3-5H2,1-2H3,(H,35,36)(H,31,33,34). The third-order valence-corrected chi connectivity index (χ3v) is 7.53. The molecule has 5 aromatic heterocycles. The van der Waals surface area contributed by atoms with Gasteiger partial charge >= 0.3 is 0 Å². The molecule has 1 atom stereocenters. The van der Waals surface area contributed by atoms with Crippen molar-refractivity contribution in [3.63, 3.8) is 0 Å². The number of nitrogens with zero attached hydrogens (tertiary/aromatic N) is 4. The van der Waals surface area contributed by atoms with Crippen molar-refractivity contribution in [2.24, 2.45) is 0 Å². The number of rotatable bonds is 8. The molecule has 6 rings (SSSR count). The number of hydrogen-bond donors (Lipinski definition) is 4. The Morgan fingerprint density at radius 3 is 2.84 bits per heavy atom. The maximum Gasteiger partial charge on any atom is 0.161 e. The third kappa shape index (κ3) is 4.42. The molecule has 0 spiro atoms. The van der Waals surface area contributed by atoms with Crippen LogP contribution in [0, 0.1) is 12.7 Å². The van der Waals surface area contributed by atoms with E-state index < -0.39 is 12.0 Å². The van der Waals surface area contributed by atoms with Crippen molar-refractivity contribution in [2.45, 2.75) is 39.3 Å². The van der Waals surface area contributed by atoms with Crippen LogP contribution >= 0.6 is 11.3 Å². The van der Waals surface area contributed by atoms with E-state index in [4.69, 9.17) is 4.98 Å². The predicted molar refractivity (Wildman–Crippen MR) is 149 cm³/mol. The molecule has 0 aliphatic carbocycles. The van der Waals surface area contributed by atoms with Crippen LogP contribution in [0.1, 0.15) is 31.1 Å². The number of aryl methyl sites for hydroxylation is 1. The third-order valence-electron chi connectivity index (χ3n) is 6.50. The monoisotopic (exact) mass is 527 g/mol. The molecule has 10 heteroatoms. The Hall–Kier alpha value is -4.15. The normalized spacial score (nSPS) is 12.4. The molecular formula is C28H26FN7OS. The fourth-order valence-electron chi connectivity index (χ4n) is 4.60. The first-order valence-corrected chi connectivity index (χ1v) is 13.3. The molecule has 0 amide bonds. The summed E-state index contributed by atoms with van der Waals surface area (Å²) in [6.07, 6.45) is 6.79. The summed E-state index contributed by atoms with van der Waals surface area (Å²) in [6, 6.07) is 11.4. The molecule has 4 N–H and O–H groups in total. The number of imidazole rings is 1. The SMILES string of the molecule is CCCCC(O)Nc1cncc(-c2ccc3[nH]nc(-c4nc5c(-c6ccc(C)s6)ccnc5[nH]4)c3c2F)c1. The van der Waals surface area contributed by atoms with Crippen LogP contribution in [0.3, 0.4) is 0 Å². The van der Waals surface area contributed by atoms with Gasteiger partial charge in [0.05, 0.1) is 22.8 Å². The van der Waals surface area contributed by atoms with Crippen LogP contribution in [0.2, 0.25) is 0 Å². The van der Waals surface area contributed by atoms with Crippen LogP contribution in [0.25, 0.3) is 55.2 Å². The lowest BCUT2D eigenvalue weighted by atomic mass is 10.0. The lowest BCUT2D eigenvalue weighted by Crippen LogP contribution is -2.18. The highest BCUT2D eigenvalue weighted by Gasteiger charge is 2.21. The topological polar surface area (TPSA) is 115 Å². The average Bonchev–Trinajstić information content (AvgIpc) is 3.65. The van der Waals surface area contributed by atoms with E-state index in [1.807, 2.05) is 6.07 Å². The Morgan fingerprint density at radius 1 is 1.13 bits per heavy atom. The van der Waals surface area contributed by atoms with Crippen LogP contribution < -0.4 is 5.32 Å². The number of aliphatic hydroxyl groups excluding tert-OH is 1. The highest BCUT2D eigenvalue weighted by Crippen LogP contribution is 2.36. The zero-order valence-electron chi connectivity index (χ0n) is 20.9. The van der Waals surface area contributed by atoms with E-state index in [1.54, 1.807) is 48.1 Å². The number of anilines is 1. The number of aromatic amines is 2. The van der Waals surface area contributed by atoms with E-state index in [1.165, 1.54) is 4.88 Å². The molecule has 5 heterocycles. The van der Waals surface area contributed by atoms with Crippen molar-refractivity contribution in [3.05, 3.63) is 65.7 Å². The fourth-order valence-corrected chi connectivity index (χ4v) is 5.49. The van der Waals surface area contributed by atoms with Gasteiger partial charge in [-0.2, -0.15) is 5.10 Å². The van der Waals surface area contributed by atoms with Gasteiger partial charge in [-0.05, 0) is 56.2 Å². The molecule has 38 heavy (non-hydrogen) atoms. The minimum absolute atomic E-state index is 0.330. The highest BCUT2D eigenvalue weighted by atomic mass is 32.1. The molecule has 1 aromatic carbocycles. The first-order valence-electron chi connectivity index (χ1n) is 12.5. The lowest BCUT2D eigenvalue weighted by molar-refractivity contribution is 0.190. The van der Waals surface area contributed by atoms with E-state index in [-0.39, 0.29) is 0 Å². The number of pyridine rings is 2. The Bertz CT molecular complexity index is 1760. The van der Waals surface area contributed by atoms with Gasteiger partial charge in [-0.25, -0.2) is 14.4 Å². The molecule has 0 aliphatic rings.